The molecule has 29 heavy (non-hydrogen) atoms. The quantitative estimate of drug-likeness (QED) is 0.581. The zero-order valence-electron chi connectivity index (χ0n) is 15.6. The van der Waals surface area contributed by atoms with Gasteiger partial charge in [-0.2, -0.15) is 5.10 Å². The number of H-pyrrole nitrogens is 1. The van der Waals surface area contributed by atoms with Crippen LogP contribution in [0.25, 0.3) is 22.4 Å². The molecule has 1 atom stereocenters. The Morgan fingerprint density at radius 3 is 2.97 bits per heavy atom. The Kier molecular flexibility index (Phi) is 4.23. The van der Waals surface area contributed by atoms with Crippen LogP contribution >= 0.6 is 0 Å². The summed E-state index contributed by atoms with van der Waals surface area (Å²) in [6.45, 7) is 1.08. The van der Waals surface area contributed by atoms with E-state index in [0.717, 1.165) is 12.8 Å². The number of amides is 1. The third-order valence-corrected chi connectivity index (χ3v) is 5.35. The summed E-state index contributed by atoms with van der Waals surface area (Å²) < 4.78 is 6.99. The van der Waals surface area contributed by atoms with Crippen molar-refractivity contribution < 1.29 is 9.21 Å². The lowest BCUT2D eigenvalue weighted by Crippen LogP contribution is -2.43. The number of aromatic amines is 1. The van der Waals surface area contributed by atoms with E-state index in [4.69, 9.17) is 4.42 Å². The second kappa shape index (κ2) is 7.05. The van der Waals surface area contributed by atoms with Crippen molar-refractivity contribution >= 4 is 16.8 Å². The van der Waals surface area contributed by atoms with E-state index < -0.39 is 0 Å². The van der Waals surface area contributed by atoms with Crippen molar-refractivity contribution in [2.75, 3.05) is 13.1 Å². The number of benzene rings is 1. The first kappa shape index (κ1) is 17.4. The maximum atomic E-state index is 13.0. The molecule has 8 nitrogen and oxygen atoms in total. The molecule has 0 spiro atoms. The predicted octanol–water partition coefficient (Wildman–Crippen LogP) is 2.86. The Morgan fingerprint density at radius 2 is 2.10 bits per heavy atom. The molecule has 1 aromatic carbocycles. The minimum absolute atomic E-state index is 0.0743. The van der Waals surface area contributed by atoms with E-state index in [1.54, 1.807) is 46.3 Å². The van der Waals surface area contributed by atoms with Crippen LogP contribution in [-0.4, -0.2) is 43.6 Å². The molecule has 0 saturated carbocycles. The summed E-state index contributed by atoms with van der Waals surface area (Å²) in [6.07, 6.45) is 4.79. The fraction of sp³-hybridized carbons (Fsp3) is 0.238. The van der Waals surface area contributed by atoms with Gasteiger partial charge >= 0.3 is 0 Å². The van der Waals surface area contributed by atoms with Gasteiger partial charge in [0, 0.05) is 19.2 Å². The lowest BCUT2D eigenvalue weighted by atomic mass is 10.0. The highest BCUT2D eigenvalue weighted by Crippen LogP contribution is 2.23. The molecule has 3 aromatic heterocycles. The van der Waals surface area contributed by atoms with Crippen molar-refractivity contribution in [3.63, 3.8) is 0 Å². The average Bonchev–Trinajstić information content (AvgIpc) is 3.46. The third kappa shape index (κ3) is 3.12. The number of aromatic nitrogens is 4. The molecule has 1 aliphatic heterocycles. The molecule has 1 fully saturated rings. The summed E-state index contributed by atoms with van der Waals surface area (Å²) in [5.74, 6) is 0.465. The van der Waals surface area contributed by atoms with Gasteiger partial charge in [0.1, 0.15) is 5.69 Å². The van der Waals surface area contributed by atoms with Gasteiger partial charge in [0.05, 0.1) is 29.5 Å². The second-order valence-corrected chi connectivity index (χ2v) is 7.17. The number of carbonyl (C=O) groups excluding carboxylic acids is 1. The fourth-order valence-corrected chi connectivity index (χ4v) is 3.86. The van der Waals surface area contributed by atoms with E-state index in [-0.39, 0.29) is 17.5 Å². The number of carbonyl (C=O) groups is 1. The SMILES string of the molecule is O=C(c1cc(-c2ccco2)[nH]n1)N1CCC[C@@H](n2cnc3ccccc3c2=O)C1. The molecule has 146 valence electrons. The van der Waals surface area contributed by atoms with Crippen LogP contribution in [0.5, 0.6) is 0 Å². The second-order valence-electron chi connectivity index (χ2n) is 7.17. The van der Waals surface area contributed by atoms with Crippen LogP contribution in [0.3, 0.4) is 0 Å². The van der Waals surface area contributed by atoms with E-state index >= 15 is 0 Å². The molecule has 4 heterocycles. The number of hydrogen-bond acceptors (Lipinski definition) is 5. The Hall–Kier alpha value is -3.68. The monoisotopic (exact) mass is 389 g/mol. The van der Waals surface area contributed by atoms with Gasteiger partial charge in [0.15, 0.2) is 11.5 Å². The lowest BCUT2D eigenvalue weighted by Gasteiger charge is -2.33. The van der Waals surface area contributed by atoms with Crippen LogP contribution in [0.15, 0.2) is 64.3 Å². The van der Waals surface area contributed by atoms with Gasteiger partial charge in [-0.25, -0.2) is 4.98 Å². The van der Waals surface area contributed by atoms with E-state index in [1.165, 1.54) is 0 Å². The minimum atomic E-state index is -0.162. The molecule has 0 bridgehead atoms. The van der Waals surface area contributed by atoms with Gasteiger partial charge in [0.2, 0.25) is 0 Å². The van der Waals surface area contributed by atoms with Crippen molar-refractivity contribution in [2.45, 2.75) is 18.9 Å². The van der Waals surface area contributed by atoms with Crippen LogP contribution in [0.2, 0.25) is 0 Å². The third-order valence-electron chi connectivity index (χ3n) is 5.35. The predicted molar refractivity (Wildman–Crippen MR) is 106 cm³/mol. The Balaban J connectivity index is 1.39. The van der Waals surface area contributed by atoms with Crippen LogP contribution in [0.1, 0.15) is 29.4 Å². The normalized spacial score (nSPS) is 17.0. The van der Waals surface area contributed by atoms with Crippen LogP contribution in [0.4, 0.5) is 0 Å². The number of piperidine rings is 1. The van der Waals surface area contributed by atoms with E-state index in [2.05, 4.69) is 15.2 Å². The van der Waals surface area contributed by atoms with E-state index in [1.807, 2.05) is 18.2 Å². The number of furan rings is 1. The Labute approximate surface area is 165 Å². The van der Waals surface area contributed by atoms with Gasteiger partial charge in [-0.15, -0.1) is 0 Å². The zero-order valence-corrected chi connectivity index (χ0v) is 15.6. The molecule has 4 aromatic rings. The lowest BCUT2D eigenvalue weighted by molar-refractivity contribution is 0.0671. The summed E-state index contributed by atoms with van der Waals surface area (Å²) in [5.41, 5.74) is 1.59. The summed E-state index contributed by atoms with van der Waals surface area (Å²) >= 11 is 0. The van der Waals surface area contributed by atoms with Gasteiger partial charge in [-0.05, 0) is 37.1 Å². The molecule has 1 amide bonds. The summed E-state index contributed by atoms with van der Waals surface area (Å²) in [4.78, 5) is 32.0. The number of para-hydroxylation sites is 1. The maximum Gasteiger partial charge on any atom is 0.274 e. The van der Waals surface area contributed by atoms with Crippen LogP contribution in [0, 0.1) is 0 Å². The van der Waals surface area contributed by atoms with Crippen LogP contribution in [-0.2, 0) is 0 Å². The molecule has 1 aliphatic rings. The minimum Gasteiger partial charge on any atom is -0.463 e. The van der Waals surface area contributed by atoms with Crippen molar-refractivity contribution in [1.82, 2.24) is 24.6 Å². The molecular formula is C21H19N5O3. The Bertz CT molecular complexity index is 1220. The molecule has 0 unspecified atom stereocenters. The van der Waals surface area contributed by atoms with E-state index in [9.17, 15) is 9.59 Å². The summed E-state index contributed by atoms with van der Waals surface area (Å²) in [7, 11) is 0. The molecule has 1 saturated heterocycles. The molecule has 0 radical (unpaired) electrons. The standard InChI is InChI=1S/C21H19N5O3/c27-20-15-6-1-2-7-16(15)22-13-26(20)14-5-3-9-25(12-14)21(28)18-11-17(23-24-18)19-8-4-10-29-19/h1-2,4,6-8,10-11,13-14H,3,5,9,12H2,(H,23,24)/t14-/m1/s1. The van der Waals surface area contributed by atoms with Crippen molar-refractivity contribution in [3.05, 3.63) is 71.1 Å². The van der Waals surface area contributed by atoms with Crippen LogP contribution < -0.4 is 5.56 Å². The zero-order chi connectivity index (χ0) is 19.8. The highest BCUT2D eigenvalue weighted by atomic mass is 16.3. The van der Waals surface area contributed by atoms with Gasteiger partial charge < -0.3 is 9.32 Å². The first-order valence-corrected chi connectivity index (χ1v) is 9.55. The highest BCUT2D eigenvalue weighted by molar-refractivity contribution is 5.93. The first-order valence-electron chi connectivity index (χ1n) is 9.55. The molecule has 0 aliphatic carbocycles. The summed E-state index contributed by atoms with van der Waals surface area (Å²) in [6, 6.07) is 12.5. The molecule has 8 heteroatoms. The first-order chi connectivity index (χ1) is 14.2. The van der Waals surface area contributed by atoms with Gasteiger partial charge in [-0.1, -0.05) is 12.1 Å². The number of likely N-dealkylation sites (tertiary alicyclic amines) is 1. The molecule has 5 rings (SSSR count). The number of hydrogen-bond donors (Lipinski definition) is 1. The highest BCUT2D eigenvalue weighted by Gasteiger charge is 2.28. The molecule has 1 N–H and O–H groups in total. The largest absolute Gasteiger partial charge is 0.463 e. The number of nitrogens with one attached hydrogen (secondary N) is 1. The van der Waals surface area contributed by atoms with Crippen molar-refractivity contribution in [3.8, 4) is 11.5 Å². The number of rotatable bonds is 3. The van der Waals surface area contributed by atoms with Gasteiger partial charge in [-0.3, -0.25) is 19.3 Å². The van der Waals surface area contributed by atoms with Crippen molar-refractivity contribution in [2.24, 2.45) is 0 Å². The smallest absolute Gasteiger partial charge is 0.274 e. The topological polar surface area (TPSA) is 97.0 Å². The Morgan fingerprint density at radius 1 is 1.21 bits per heavy atom. The average molecular weight is 389 g/mol. The summed E-state index contributed by atoms with van der Waals surface area (Å²) in [5, 5.41) is 7.58. The molecular weight excluding hydrogens is 370 g/mol. The van der Waals surface area contributed by atoms with E-state index in [0.29, 0.717) is 41.1 Å². The fourth-order valence-electron chi connectivity index (χ4n) is 3.86. The van der Waals surface area contributed by atoms with Gasteiger partial charge in [0.25, 0.3) is 11.5 Å². The number of nitrogens with zero attached hydrogens (tertiary/aromatic N) is 4. The van der Waals surface area contributed by atoms with Crippen molar-refractivity contribution in [1.29, 1.82) is 0 Å². The number of fused-ring (bicyclic) bond motifs is 1. The maximum absolute atomic E-state index is 13.0.